The highest BCUT2D eigenvalue weighted by molar-refractivity contribution is 5.89. The minimum Gasteiger partial charge on any atom is -0.361 e. The molecule has 1 aliphatic rings. The number of unbranched alkanes of at least 4 members (excludes halogenated alkanes) is 1. The molecule has 0 unspecified atom stereocenters. The molecule has 0 radical (unpaired) electrons. The second-order valence-electron chi connectivity index (χ2n) is 6.49. The predicted molar refractivity (Wildman–Crippen MR) is 98.5 cm³/mol. The first-order chi connectivity index (χ1) is 12.2. The Morgan fingerprint density at radius 1 is 1.12 bits per heavy atom. The van der Waals surface area contributed by atoms with Gasteiger partial charge in [-0.1, -0.05) is 31.5 Å². The van der Waals surface area contributed by atoms with Crippen molar-refractivity contribution in [1.29, 1.82) is 0 Å². The van der Waals surface area contributed by atoms with Gasteiger partial charge in [-0.25, -0.2) is 4.79 Å². The van der Waals surface area contributed by atoms with Crippen LogP contribution in [0.2, 0.25) is 0 Å². The predicted octanol–water partition coefficient (Wildman–Crippen LogP) is 2.36. The van der Waals surface area contributed by atoms with Gasteiger partial charge in [-0.2, -0.15) is 0 Å². The van der Waals surface area contributed by atoms with Crippen molar-refractivity contribution in [1.82, 2.24) is 20.1 Å². The molecule has 2 aromatic rings. The fourth-order valence-corrected chi connectivity index (χ4v) is 3.20. The lowest BCUT2D eigenvalue weighted by Crippen LogP contribution is -2.53. The molecule has 3 rings (SSSR count). The summed E-state index contributed by atoms with van der Waals surface area (Å²) in [5.74, 6) is 0.121. The van der Waals surface area contributed by atoms with Crippen molar-refractivity contribution in [2.24, 2.45) is 0 Å². The number of nitrogens with one attached hydrogen (secondary N) is 2. The highest BCUT2D eigenvalue weighted by atomic mass is 16.2. The first kappa shape index (κ1) is 17.3. The molecule has 2 heterocycles. The molecule has 1 aliphatic heterocycles. The number of H-pyrrole nitrogens is 1. The number of aromatic nitrogens is 1. The van der Waals surface area contributed by atoms with Gasteiger partial charge < -0.3 is 20.1 Å². The van der Waals surface area contributed by atoms with Crippen LogP contribution in [0.3, 0.4) is 0 Å². The van der Waals surface area contributed by atoms with Gasteiger partial charge in [0.05, 0.1) is 6.42 Å². The van der Waals surface area contributed by atoms with Crippen LogP contribution in [0.25, 0.3) is 10.9 Å². The lowest BCUT2D eigenvalue weighted by molar-refractivity contribution is -0.131. The maximum Gasteiger partial charge on any atom is 0.317 e. The molecule has 1 aromatic heterocycles. The van der Waals surface area contributed by atoms with Gasteiger partial charge >= 0.3 is 6.03 Å². The summed E-state index contributed by atoms with van der Waals surface area (Å²) in [5.41, 5.74) is 2.08. The molecule has 6 heteroatoms. The highest BCUT2D eigenvalue weighted by Crippen LogP contribution is 2.19. The number of para-hydroxylation sites is 1. The molecule has 2 N–H and O–H groups in total. The molecular weight excluding hydrogens is 316 g/mol. The largest absolute Gasteiger partial charge is 0.361 e. The van der Waals surface area contributed by atoms with E-state index in [2.05, 4.69) is 17.2 Å². The first-order valence-electron chi connectivity index (χ1n) is 9.04. The summed E-state index contributed by atoms with van der Waals surface area (Å²) in [6, 6.07) is 8.00. The van der Waals surface area contributed by atoms with Crippen LogP contribution in [-0.4, -0.2) is 59.4 Å². The van der Waals surface area contributed by atoms with Crippen LogP contribution in [-0.2, 0) is 11.2 Å². The van der Waals surface area contributed by atoms with E-state index in [9.17, 15) is 9.59 Å². The number of aromatic amines is 1. The summed E-state index contributed by atoms with van der Waals surface area (Å²) in [6.07, 6.45) is 4.37. The van der Waals surface area contributed by atoms with Gasteiger partial charge in [-0.3, -0.25) is 4.79 Å². The van der Waals surface area contributed by atoms with E-state index >= 15 is 0 Å². The van der Waals surface area contributed by atoms with Gasteiger partial charge in [-0.05, 0) is 18.1 Å². The maximum atomic E-state index is 12.6. The number of urea groups is 1. The van der Waals surface area contributed by atoms with E-state index < -0.39 is 0 Å². The molecule has 25 heavy (non-hydrogen) atoms. The number of piperazine rings is 1. The standard InChI is InChI=1S/C19H26N4O2/c1-2-3-8-20-19(25)23-11-9-22(10-12-23)18(24)13-15-14-21-17-7-5-4-6-16(15)17/h4-7,14,21H,2-3,8-13H2,1H3,(H,20,25). The van der Waals surface area contributed by atoms with E-state index in [0.717, 1.165) is 35.9 Å². The van der Waals surface area contributed by atoms with E-state index in [4.69, 9.17) is 0 Å². The Morgan fingerprint density at radius 2 is 1.84 bits per heavy atom. The number of nitrogens with zero attached hydrogens (tertiary/aromatic N) is 2. The zero-order valence-electron chi connectivity index (χ0n) is 14.8. The number of fused-ring (bicyclic) bond motifs is 1. The fourth-order valence-electron chi connectivity index (χ4n) is 3.20. The zero-order chi connectivity index (χ0) is 17.6. The lowest BCUT2D eigenvalue weighted by Gasteiger charge is -2.34. The molecule has 3 amide bonds. The minimum absolute atomic E-state index is 0.0165. The minimum atomic E-state index is -0.0165. The van der Waals surface area contributed by atoms with Gasteiger partial charge in [0.15, 0.2) is 0 Å². The Kier molecular flexibility index (Phi) is 5.58. The molecule has 0 saturated carbocycles. The molecular formula is C19H26N4O2. The van der Waals surface area contributed by atoms with Crippen LogP contribution in [0.1, 0.15) is 25.3 Å². The van der Waals surface area contributed by atoms with Crippen molar-refractivity contribution < 1.29 is 9.59 Å². The van der Waals surface area contributed by atoms with Gasteiger partial charge in [0.2, 0.25) is 5.91 Å². The normalized spacial score (nSPS) is 14.8. The Balaban J connectivity index is 1.51. The number of carbonyl (C=O) groups excluding carboxylic acids is 2. The molecule has 1 saturated heterocycles. The molecule has 134 valence electrons. The van der Waals surface area contributed by atoms with E-state index in [1.54, 1.807) is 4.90 Å². The van der Waals surface area contributed by atoms with Crippen LogP contribution < -0.4 is 5.32 Å². The van der Waals surface area contributed by atoms with Crippen molar-refractivity contribution in [2.45, 2.75) is 26.2 Å². The third-order valence-electron chi connectivity index (χ3n) is 4.74. The summed E-state index contributed by atoms with van der Waals surface area (Å²) in [7, 11) is 0. The molecule has 0 atom stereocenters. The second-order valence-corrected chi connectivity index (χ2v) is 6.49. The van der Waals surface area contributed by atoms with E-state index in [1.165, 1.54) is 0 Å². The van der Waals surface area contributed by atoms with Crippen LogP contribution in [0.15, 0.2) is 30.5 Å². The van der Waals surface area contributed by atoms with E-state index in [1.807, 2.05) is 35.4 Å². The molecule has 0 spiro atoms. The number of hydrogen-bond donors (Lipinski definition) is 2. The monoisotopic (exact) mass is 342 g/mol. The zero-order valence-corrected chi connectivity index (χ0v) is 14.8. The highest BCUT2D eigenvalue weighted by Gasteiger charge is 2.24. The molecule has 1 fully saturated rings. The van der Waals surface area contributed by atoms with Crippen LogP contribution in [0, 0.1) is 0 Å². The second kappa shape index (κ2) is 8.05. The van der Waals surface area contributed by atoms with Crippen LogP contribution in [0.5, 0.6) is 0 Å². The maximum absolute atomic E-state index is 12.6. The SMILES string of the molecule is CCCCNC(=O)N1CCN(C(=O)Cc2c[nH]c3ccccc23)CC1. The third kappa shape index (κ3) is 4.13. The van der Waals surface area contributed by atoms with Gasteiger partial charge in [0.1, 0.15) is 0 Å². The molecule has 0 bridgehead atoms. The lowest BCUT2D eigenvalue weighted by atomic mass is 10.1. The topological polar surface area (TPSA) is 68.4 Å². The van der Waals surface area contributed by atoms with Crippen molar-refractivity contribution in [3.8, 4) is 0 Å². The molecule has 1 aromatic carbocycles. The number of hydrogen-bond acceptors (Lipinski definition) is 2. The van der Waals surface area contributed by atoms with Crippen molar-refractivity contribution >= 4 is 22.8 Å². The fraction of sp³-hybridized carbons (Fsp3) is 0.474. The quantitative estimate of drug-likeness (QED) is 0.819. The Labute approximate surface area is 148 Å². The Bertz CT molecular complexity index is 732. The van der Waals surface area contributed by atoms with Crippen molar-refractivity contribution in [2.75, 3.05) is 32.7 Å². The van der Waals surface area contributed by atoms with Crippen molar-refractivity contribution in [3.05, 3.63) is 36.0 Å². The van der Waals surface area contributed by atoms with Gasteiger partial charge in [-0.15, -0.1) is 0 Å². The number of rotatable bonds is 5. The molecule has 0 aliphatic carbocycles. The number of carbonyl (C=O) groups is 2. The average molecular weight is 342 g/mol. The average Bonchev–Trinajstić information content (AvgIpc) is 3.05. The third-order valence-corrected chi connectivity index (χ3v) is 4.74. The van der Waals surface area contributed by atoms with E-state index in [0.29, 0.717) is 32.6 Å². The Hall–Kier alpha value is -2.50. The smallest absolute Gasteiger partial charge is 0.317 e. The number of amides is 3. The first-order valence-corrected chi connectivity index (χ1v) is 9.04. The molecule has 6 nitrogen and oxygen atoms in total. The summed E-state index contributed by atoms with van der Waals surface area (Å²) < 4.78 is 0. The van der Waals surface area contributed by atoms with Gasteiger partial charge in [0.25, 0.3) is 0 Å². The summed E-state index contributed by atoms with van der Waals surface area (Å²) in [6.45, 7) is 5.21. The van der Waals surface area contributed by atoms with Crippen LogP contribution >= 0.6 is 0 Å². The van der Waals surface area contributed by atoms with Crippen molar-refractivity contribution in [3.63, 3.8) is 0 Å². The Morgan fingerprint density at radius 3 is 2.60 bits per heavy atom. The van der Waals surface area contributed by atoms with Crippen LogP contribution in [0.4, 0.5) is 4.79 Å². The summed E-state index contributed by atoms with van der Waals surface area (Å²) in [4.78, 5) is 31.5. The van der Waals surface area contributed by atoms with E-state index in [-0.39, 0.29) is 11.9 Å². The number of benzene rings is 1. The summed E-state index contributed by atoms with van der Waals surface area (Å²) in [5, 5.41) is 4.03. The van der Waals surface area contributed by atoms with Gasteiger partial charge in [0, 0.05) is 49.8 Å². The summed E-state index contributed by atoms with van der Waals surface area (Å²) >= 11 is 0.